The standard InChI is InChI=1S/C14H18O2/c1-15-14-7-4-5-12(11-14)8-9-13-6-2-3-10-16-13/h4-5,7-9,11,13H,2-3,6,10H2,1H3/b9-8+. The minimum atomic E-state index is 0.292. The number of rotatable bonds is 3. The third kappa shape index (κ3) is 3.11. The smallest absolute Gasteiger partial charge is 0.119 e. The highest BCUT2D eigenvalue weighted by Crippen LogP contribution is 2.17. The Labute approximate surface area is 96.9 Å². The molecule has 0 spiro atoms. The molecule has 1 aliphatic rings. The molecular formula is C14H18O2. The minimum absolute atomic E-state index is 0.292. The molecule has 0 aromatic heterocycles. The van der Waals surface area contributed by atoms with E-state index in [0.29, 0.717) is 6.10 Å². The molecule has 1 unspecified atom stereocenters. The maximum atomic E-state index is 5.64. The molecule has 1 heterocycles. The highest BCUT2D eigenvalue weighted by atomic mass is 16.5. The summed E-state index contributed by atoms with van der Waals surface area (Å²) < 4.78 is 10.8. The predicted molar refractivity (Wildman–Crippen MR) is 65.6 cm³/mol. The molecule has 1 aromatic carbocycles. The summed E-state index contributed by atoms with van der Waals surface area (Å²) in [6.45, 7) is 0.896. The van der Waals surface area contributed by atoms with Gasteiger partial charge in [0.25, 0.3) is 0 Å². The number of hydrogen-bond donors (Lipinski definition) is 0. The van der Waals surface area contributed by atoms with Gasteiger partial charge < -0.3 is 9.47 Å². The van der Waals surface area contributed by atoms with E-state index >= 15 is 0 Å². The van der Waals surface area contributed by atoms with Crippen molar-refractivity contribution in [1.82, 2.24) is 0 Å². The van der Waals surface area contributed by atoms with Crippen LogP contribution >= 0.6 is 0 Å². The summed E-state index contributed by atoms with van der Waals surface area (Å²) in [6, 6.07) is 8.05. The Bertz CT molecular complexity index is 352. The van der Waals surface area contributed by atoms with Crippen LogP contribution in [-0.2, 0) is 4.74 Å². The zero-order valence-electron chi connectivity index (χ0n) is 9.69. The highest BCUT2D eigenvalue weighted by Gasteiger charge is 2.09. The van der Waals surface area contributed by atoms with Crippen molar-refractivity contribution >= 4 is 6.08 Å². The van der Waals surface area contributed by atoms with E-state index in [9.17, 15) is 0 Å². The Morgan fingerprint density at radius 1 is 1.38 bits per heavy atom. The first-order valence-corrected chi connectivity index (χ1v) is 5.82. The highest BCUT2D eigenvalue weighted by molar-refractivity contribution is 5.52. The van der Waals surface area contributed by atoms with Crippen LogP contribution < -0.4 is 4.74 Å². The third-order valence-corrected chi connectivity index (χ3v) is 2.81. The fourth-order valence-electron chi connectivity index (χ4n) is 1.88. The van der Waals surface area contributed by atoms with Crippen LogP contribution in [0.1, 0.15) is 24.8 Å². The van der Waals surface area contributed by atoms with Gasteiger partial charge >= 0.3 is 0 Å². The average Bonchev–Trinajstić information content (AvgIpc) is 2.38. The van der Waals surface area contributed by atoms with Gasteiger partial charge in [0.2, 0.25) is 0 Å². The first-order valence-electron chi connectivity index (χ1n) is 5.82. The number of hydrogen-bond acceptors (Lipinski definition) is 2. The molecule has 0 amide bonds. The monoisotopic (exact) mass is 218 g/mol. The van der Waals surface area contributed by atoms with E-state index in [-0.39, 0.29) is 0 Å². The summed E-state index contributed by atoms with van der Waals surface area (Å²) >= 11 is 0. The molecule has 0 radical (unpaired) electrons. The molecule has 2 rings (SSSR count). The van der Waals surface area contributed by atoms with Crippen LogP contribution in [0.2, 0.25) is 0 Å². The van der Waals surface area contributed by atoms with Crippen molar-refractivity contribution in [3.63, 3.8) is 0 Å². The van der Waals surface area contributed by atoms with E-state index in [2.05, 4.69) is 18.2 Å². The van der Waals surface area contributed by atoms with Crippen LogP contribution in [0.5, 0.6) is 5.75 Å². The van der Waals surface area contributed by atoms with Crippen molar-refractivity contribution in [1.29, 1.82) is 0 Å². The van der Waals surface area contributed by atoms with Gasteiger partial charge in [0.05, 0.1) is 13.2 Å². The zero-order valence-corrected chi connectivity index (χ0v) is 9.69. The summed E-state index contributed by atoms with van der Waals surface area (Å²) in [5.74, 6) is 0.895. The van der Waals surface area contributed by atoms with Gasteiger partial charge in [0.15, 0.2) is 0 Å². The first-order chi connectivity index (χ1) is 7.88. The van der Waals surface area contributed by atoms with Gasteiger partial charge in [0.1, 0.15) is 5.75 Å². The van der Waals surface area contributed by atoms with Gasteiger partial charge in [-0.3, -0.25) is 0 Å². The Morgan fingerprint density at radius 3 is 3.06 bits per heavy atom. The molecule has 1 saturated heterocycles. The Balaban J connectivity index is 1.98. The van der Waals surface area contributed by atoms with Crippen LogP contribution in [-0.4, -0.2) is 19.8 Å². The first kappa shape index (κ1) is 11.2. The normalized spacial score (nSPS) is 21.2. The molecule has 0 aliphatic carbocycles. The van der Waals surface area contributed by atoms with Crippen LogP contribution in [0.4, 0.5) is 0 Å². The number of ether oxygens (including phenoxy) is 2. The lowest BCUT2D eigenvalue weighted by molar-refractivity contribution is 0.0471. The second kappa shape index (κ2) is 5.71. The van der Waals surface area contributed by atoms with Crippen LogP contribution in [0.25, 0.3) is 6.08 Å². The fraction of sp³-hybridized carbons (Fsp3) is 0.429. The minimum Gasteiger partial charge on any atom is -0.497 e. The molecule has 2 nitrogen and oxygen atoms in total. The summed E-state index contributed by atoms with van der Waals surface area (Å²) in [5.41, 5.74) is 1.16. The van der Waals surface area contributed by atoms with Gasteiger partial charge in [0, 0.05) is 6.61 Å². The largest absolute Gasteiger partial charge is 0.497 e. The van der Waals surface area contributed by atoms with Crippen molar-refractivity contribution in [2.45, 2.75) is 25.4 Å². The quantitative estimate of drug-likeness (QED) is 0.775. The summed E-state index contributed by atoms with van der Waals surface area (Å²) in [4.78, 5) is 0. The molecule has 1 atom stereocenters. The van der Waals surface area contributed by atoms with E-state index in [0.717, 1.165) is 24.3 Å². The van der Waals surface area contributed by atoms with Gasteiger partial charge in [-0.1, -0.05) is 24.3 Å². The summed E-state index contributed by atoms with van der Waals surface area (Å²) in [6.07, 6.45) is 8.16. The molecule has 2 heteroatoms. The van der Waals surface area contributed by atoms with Gasteiger partial charge in [-0.15, -0.1) is 0 Å². The van der Waals surface area contributed by atoms with Gasteiger partial charge in [-0.2, -0.15) is 0 Å². The number of methoxy groups -OCH3 is 1. The van der Waals surface area contributed by atoms with E-state index in [4.69, 9.17) is 9.47 Å². The van der Waals surface area contributed by atoms with Crippen molar-refractivity contribution in [3.8, 4) is 5.75 Å². The SMILES string of the molecule is COc1cccc(/C=C/C2CCCCO2)c1. The number of benzene rings is 1. The average molecular weight is 218 g/mol. The van der Waals surface area contributed by atoms with Crippen molar-refractivity contribution in [2.75, 3.05) is 13.7 Å². The van der Waals surface area contributed by atoms with Crippen LogP contribution in [0, 0.1) is 0 Å². The maximum Gasteiger partial charge on any atom is 0.119 e. The second-order valence-electron chi connectivity index (χ2n) is 4.04. The lowest BCUT2D eigenvalue weighted by atomic mass is 10.1. The molecule has 1 aliphatic heterocycles. The lowest BCUT2D eigenvalue weighted by Crippen LogP contribution is -2.15. The van der Waals surface area contributed by atoms with Gasteiger partial charge in [-0.05, 0) is 37.0 Å². The molecule has 86 valence electrons. The van der Waals surface area contributed by atoms with E-state index in [1.165, 1.54) is 12.8 Å². The van der Waals surface area contributed by atoms with Crippen molar-refractivity contribution < 1.29 is 9.47 Å². The Morgan fingerprint density at radius 2 is 2.31 bits per heavy atom. The van der Waals surface area contributed by atoms with Crippen LogP contribution in [0.3, 0.4) is 0 Å². The Kier molecular flexibility index (Phi) is 4.00. The zero-order chi connectivity index (χ0) is 11.2. The molecule has 16 heavy (non-hydrogen) atoms. The molecule has 1 aromatic rings. The third-order valence-electron chi connectivity index (χ3n) is 2.81. The van der Waals surface area contributed by atoms with E-state index in [1.54, 1.807) is 7.11 Å². The molecule has 1 fully saturated rings. The Hall–Kier alpha value is -1.28. The molecule has 0 N–H and O–H groups in total. The van der Waals surface area contributed by atoms with Crippen LogP contribution in [0.15, 0.2) is 30.3 Å². The topological polar surface area (TPSA) is 18.5 Å². The van der Waals surface area contributed by atoms with Crippen molar-refractivity contribution in [2.24, 2.45) is 0 Å². The molecule has 0 saturated carbocycles. The summed E-state index contributed by atoms with van der Waals surface area (Å²) in [5, 5.41) is 0. The fourth-order valence-corrected chi connectivity index (χ4v) is 1.88. The lowest BCUT2D eigenvalue weighted by Gasteiger charge is -2.19. The molecular weight excluding hydrogens is 200 g/mol. The van der Waals surface area contributed by atoms with Crippen molar-refractivity contribution in [3.05, 3.63) is 35.9 Å². The van der Waals surface area contributed by atoms with Gasteiger partial charge in [-0.25, -0.2) is 0 Å². The predicted octanol–water partition coefficient (Wildman–Crippen LogP) is 3.28. The summed E-state index contributed by atoms with van der Waals surface area (Å²) in [7, 11) is 1.69. The second-order valence-corrected chi connectivity index (χ2v) is 4.04. The maximum absolute atomic E-state index is 5.64. The van der Waals surface area contributed by atoms with E-state index in [1.807, 2.05) is 18.2 Å². The van der Waals surface area contributed by atoms with E-state index < -0.39 is 0 Å². The molecule has 0 bridgehead atoms.